The number of benzene rings is 3. The first-order valence-electron chi connectivity index (χ1n) is 9.97. The lowest BCUT2D eigenvalue weighted by Crippen LogP contribution is -2.42. The second kappa shape index (κ2) is 9.26. The molecule has 2 atom stereocenters. The van der Waals surface area contributed by atoms with Crippen molar-refractivity contribution in [1.29, 1.82) is 0 Å². The van der Waals surface area contributed by atoms with Crippen LogP contribution in [0.2, 0.25) is 0 Å². The van der Waals surface area contributed by atoms with Gasteiger partial charge in [0, 0.05) is 17.4 Å². The van der Waals surface area contributed by atoms with Crippen molar-refractivity contribution < 1.29 is 9.53 Å². The van der Waals surface area contributed by atoms with Gasteiger partial charge < -0.3 is 10.1 Å². The van der Waals surface area contributed by atoms with E-state index in [1.54, 1.807) is 0 Å². The van der Waals surface area contributed by atoms with Gasteiger partial charge in [0.25, 0.3) is 0 Å². The highest BCUT2D eigenvalue weighted by atomic mass is 79.9. The molecule has 0 unspecified atom stereocenters. The molecule has 0 radical (unpaired) electrons. The molecular weight excluding hydrogens is 440 g/mol. The summed E-state index contributed by atoms with van der Waals surface area (Å²) in [6, 6.07) is 29.2. The largest absolute Gasteiger partial charge is 0.476 e. The molecule has 4 nitrogen and oxygen atoms in total. The summed E-state index contributed by atoms with van der Waals surface area (Å²) in [5.41, 5.74) is 1.70. The molecule has 1 amide bonds. The number of hydrogen-bond acceptors (Lipinski definition) is 3. The summed E-state index contributed by atoms with van der Waals surface area (Å²) >= 11 is 3.53. The highest BCUT2D eigenvalue weighted by Crippen LogP contribution is 2.41. The van der Waals surface area contributed by atoms with Gasteiger partial charge >= 0.3 is 0 Å². The van der Waals surface area contributed by atoms with Crippen molar-refractivity contribution in [3.8, 4) is 0 Å². The number of alkyl halides is 1. The number of carbonyl (C=O) groups excluding carboxylic acids is 1. The fraction of sp³-hybridized carbons (Fsp3) is 0.200. The van der Waals surface area contributed by atoms with Crippen LogP contribution in [0, 0.1) is 5.41 Å². The van der Waals surface area contributed by atoms with Crippen molar-refractivity contribution in [3.63, 3.8) is 0 Å². The number of para-hydroxylation sites is 2. The van der Waals surface area contributed by atoms with E-state index >= 15 is 0 Å². The van der Waals surface area contributed by atoms with E-state index in [2.05, 4.69) is 21.2 Å². The van der Waals surface area contributed by atoms with Crippen molar-refractivity contribution in [2.75, 3.05) is 10.6 Å². The van der Waals surface area contributed by atoms with Gasteiger partial charge in [0.15, 0.2) is 0 Å². The van der Waals surface area contributed by atoms with Crippen LogP contribution in [0.4, 0.5) is 11.4 Å². The highest BCUT2D eigenvalue weighted by Gasteiger charge is 2.52. The second-order valence-corrected chi connectivity index (χ2v) is 8.06. The predicted molar refractivity (Wildman–Crippen MR) is 124 cm³/mol. The molecule has 1 aliphatic rings. The van der Waals surface area contributed by atoms with Gasteiger partial charge in [0.2, 0.25) is 11.8 Å². The van der Waals surface area contributed by atoms with Gasteiger partial charge in [-0.15, -0.1) is 0 Å². The first-order chi connectivity index (χ1) is 14.7. The zero-order valence-electron chi connectivity index (χ0n) is 16.5. The Labute approximate surface area is 185 Å². The fourth-order valence-electron chi connectivity index (χ4n) is 3.76. The lowest BCUT2D eigenvalue weighted by Gasteiger charge is -2.26. The number of carbonyl (C=O) groups is 1. The highest BCUT2D eigenvalue weighted by molar-refractivity contribution is 9.09. The molecular formula is C25H23BrN2O2. The van der Waals surface area contributed by atoms with Crippen LogP contribution >= 0.6 is 15.9 Å². The summed E-state index contributed by atoms with van der Waals surface area (Å²) in [6.45, 7) is 0. The summed E-state index contributed by atoms with van der Waals surface area (Å²) in [5.74, 6) is 0.367. The average Bonchev–Trinajstić information content (AvgIpc) is 3.14. The minimum absolute atomic E-state index is 0.101. The molecule has 152 valence electrons. The van der Waals surface area contributed by atoms with Crippen LogP contribution < -0.4 is 5.32 Å². The Morgan fingerprint density at radius 3 is 2.20 bits per heavy atom. The number of hydrogen-bond donors (Lipinski definition) is 1. The van der Waals surface area contributed by atoms with E-state index in [1.165, 1.54) is 0 Å². The lowest BCUT2D eigenvalue weighted by atomic mass is 9.77. The molecule has 0 aliphatic carbocycles. The SMILES string of the molecule is O=C(Nc1ccccc1)[C@]1(Cc2ccccc2)C[C@H](CBr)OC1=Nc1ccccc1. The third-order valence-electron chi connectivity index (χ3n) is 5.24. The van der Waals surface area contributed by atoms with E-state index < -0.39 is 5.41 Å². The molecule has 0 spiro atoms. The normalized spacial score (nSPS) is 21.9. The van der Waals surface area contributed by atoms with E-state index in [1.807, 2.05) is 91.0 Å². The van der Waals surface area contributed by atoms with Crippen LogP contribution in [-0.2, 0) is 16.0 Å². The first-order valence-corrected chi connectivity index (χ1v) is 11.1. The predicted octanol–water partition coefficient (Wildman–Crippen LogP) is 5.77. The van der Waals surface area contributed by atoms with Gasteiger partial charge in [-0.05, 0) is 36.2 Å². The Hall–Kier alpha value is -2.92. The third-order valence-corrected chi connectivity index (χ3v) is 5.96. The van der Waals surface area contributed by atoms with Gasteiger partial charge in [-0.3, -0.25) is 4.79 Å². The summed E-state index contributed by atoms with van der Waals surface area (Å²) in [5, 5.41) is 3.73. The van der Waals surface area contributed by atoms with Gasteiger partial charge in [-0.1, -0.05) is 82.7 Å². The molecule has 1 heterocycles. The van der Waals surface area contributed by atoms with Crippen LogP contribution in [0.3, 0.4) is 0 Å². The number of halogens is 1. The molecule has 3 aromatic carbocycles. The smallest absolute Gasteiger partial charge is 0.240 e. The molecule has 0 saturated carbocycles. The molecule has 3 aromatic rings. The molecule has 1 fully saturated rings. The quantitative estimate of drug-likeness (QED) is 0.472. The van der Waals surface area contributed by atoms with E-state index in [4.69, 9.17) is 9.73 Å². The number of nitrogens with one attached hydrogen (secondary N) is 1. The Morgan fingerprint density at radius 1 is 0.967 bits per heavy atom. The van der Waals surface area contributed by atoms with Crippen LogP contribution in [-0.4, -0.2) is 23.2 Å². The van der Waals surface area contributed by atoms with Gasteiger partial charge in [-0.25, -0.2) is 4.99 Å². The number of anilines is 1. The zero-order valence-corrected chi connectivity index (χ0v) is 18.1. The topological polar surface area (TPSA) is 50.7 Å². The monoisotopic (exact) mass is 462 g/mol. The van der Waals surface area contributed by atoms with Crippen molar-refractivity contribution in [2.45, 2.75) is 18.9 Å². The van der Waals surface area contributed by atoms with E-state index in [0.29, 0.717) is 24.1 Å². The standard InChI is InChI=1S/C25H23BrN2O2/c26-18-22-17-25(16-19-10-4-1-5-11-19,23(29)27-20-12-6-2-7-13-20)24(30-22)28-21-14-8-3-9-15-21/h1-15,22H,16-18H2,(H,27,29)/t22-,25+/m1/s1. The maximum atomic E-state index is 13.7. The fourth-order valence-corrected chi connectivity index (χ4v) is 4.12. The molecule has 5 heteroatoms. The van der Waals surface area contributed by atoms with Crippen LogP contribution in [0.25, 0.3) is 0 Å². The van der Waals surface area contributed by atoms with E-state index in [0.717, 1.165) is 16.9 Å². The van der Waals surface area contributed by atoms with Crippen molar-refractivity contribution >= 4 is 39.1 Å². The average molecular weight is 463 g/mol. The summed E-state index contributed by atoms with van der Waals surface area (Å²) in [6.07, 6.45) is 0.941. The molecule has 30 heavy (non-hydrogen) atoms. The van der Waals surface area contributed by atoms with Crippen LogP contribution in [0.5, 0.6) is 0 Å². The minimum atomic E-state index is -0.897. The molecule has 4 rings (SSSR count). The minimum Gasteiger partial charge on any atom is -0.476 e. The molecule has 1 aliphatic heterocycles. The Morgan fingerprint density at radius 2 is 1.57 bits per heavy atom. The molecule has 0 bridgehead atoms. The Bertz CT molecular complexity index is 1010. The van der Waals surface area contributed by atoms with Gasteiger partial charge in [-0.2, -0.15) is 0 Å². The number of nitrogens with zero attached hydrogens (tertiary/aromatic N) is 1. The maximum absolute atomic E-state index is 13.7. The summed E-state index contributed by atoms with van der Waals surface area (Å²) in [7, 11) is 0. The van der Waals surface area contributed by atoms with E-state index in [9.17, 15) is 4.79 Å². The van der Waals surface area contributed by atoms with Crippen molar-refractivity contribution in [3.05, 3.63) is 96.6 Å². The van der Waals surface area contributed by atoms with Crippen molar-refractivity contribution in [2.24, 2.45) is 10.4 Å². The van der Waals surface area contributed by atoms with Crippen LogP contribution in [0.1, 0.15) is 12.0 Å². The molecule has 1 N–H and O–H groups in total. The number of ether oxygens (including phenoxy) is 1. The lowest BCUT2D eigenvalue weighted by molar-refractivity contribution is -0.122. The van der Waals surface area contributed by atoms with Crippen molar-refractivity contribution in [1.82, 2.24) is 0 Å². The van der Waals surface area contributed by atoms with E-state index in [-0.39, 0.29) is 12.0 Å². The third kappa shape index (κ3) is 4.46. The Kier molecular flexibility index (Phi) is 6.29. The molecule has 0 aromatic heterocycles. The van der Waals surface area contributed by atoms with Gasteiger partial charge in [0.1, 0.15) is 11.5 Å². The maximum Gasteiger partial charge on any atom is 0.240 e. The first kappa shape index (κ1) is 20.4. The van der Waals surface area contributed by atoms with Gasteiger partial charge in [0.05, 0.1) is 5.69 Å². The Balaban J connectivity index is 1.77. The zero-order chi connectivity index (χ0) is 20.8. The number of rotatable bonds is 6. The van der Waals surface area contributed by atoms with Crippen LogP contribution in [0.15, 0.2) is 96.0 Å². The summed E-state index contributed by atoms with van der Waals surface area (Å²) in [4.78, 5) is 18.5. The number of aliphatic imine (C=N–C) groups is 1. The summed E-state index contributed by atoms with van der Waals surface area (Å²) < 4.78 is 6.20. The molecule has 1 saturated heterocycles. The number of amides is 1. The second-order valence-electron chi connectivity index (χ2n) is 7.42.